The Hall–Kier alpha value is -1.40. The fraction of sp³-hybridized carbons (Fsp3) is 0.500. The molecule has 2 aromatic heterocycles. The van der Waals surface area contributed by atoms with E-state index in [9.17, 15) is 8.42 Å². The number of hydrogen-bond acceptors (Lipinski definition) is 4. The van der Waals surface area contributed by atoms with Gasteiger partial charge in [0.2, 0.25) is 0 Å². The number of fused-ring (bicyclic) bond motifs is 1. The summed E-state index contributed by atoms with van der Waals surface area (Å²) in [5.74, 6) is 0.916. The van der Waals surface area contributed by atoms with Crippen molar-refractivity contribution < 1.29 is 8.42 Å². The van der Waals surface area contributed by atoms with Gasteiger partial charge < -0.3 is 9.72 Å². The van der Waals surface area contributed by atoms with Crippen LogP contribution in [0.3, 0.4) is 0 Å². The number of aryl methyl sites for hydroxylation is 1. The van der Waals surface area contributed by atoms with Gasteiger partial charge in [-0.15, -0.1) is 0 Å². The first kappa shape index (κ1) is 13.6. The topological polar surface area (TPSA) is 63.5 Å². The Labute approximate surface area is 118 Å². The maximum Gasteiger partial charge on any atom is 0.150 e. The number of nitrogens with one attached hydrogen (secondary N) is 1. The summed E-state index contributed by atoms with van der Waals surface area (Å²) >= 11 is 0. The van der Waals surface area contributed by atoms with Crippen LogP contribution in [0.15, 0.2) is 24.4 Å². The average molecular weight is 293 g/mol. The molecule has 1 aliphatic rings. The highest BCUT2D eigenvalue weighted by Crippen LogP contribution is 2.18. The summed E-state index contributed by atoms with van der Waals surface area (Å²) in [7, 11) is -2.78. The lowest BCUT2D eigenvalue weighted by Crippen LogP contribution is -2.24. The summed E-state index contributed by atoms with van der Waals surface area (Å²) in [5, 5.41) is 3.38. The predicted molar refractivity (Wildman–Crippen MR) is 78.4 cm³/mol. The van der Waals surface area contributed by atoms with Crippen LogP contribution in [0.2, 0.25) is 0 Å². The van der Waals surface area contributed by atoms with Crippen LogP contribution in [-0.2, 0) is 16.4 Å². The van der Waals surface area contributed by atoms with Crippen LogP contribution in [0.1, 0.15) is 17.8 Å². The third-order valence-corrected chi connectivity index (χ3v) is 5.72. The molecule has 2 aromatic rings. The van der Waals surface area contributed by atoms with Crippen molar-refractivity contribution >= 4 is 15.5 Å². The molecule has 6 heteroatoms. The monoisotopic (exact) mass is 293 g/mol. The van der Waals surface area contributed by atoms with E-state index in [1.807, 2.05) is 31.3 Å². The van der Waals surface area contributed by atoms with Gasteiger partial charge in [-0.05, 0) is 37.9 Å². The second-order valence-corrected chi connectivity index (χ2v) is 7.70. The zero-order chi connectivity index (χ0) is 14.2. The number of hydrogen-bond donors (Lipinski definition) is 1. The first-order valence-electron chi connectivity index (χ1n) is 6.89. The highest BCUT2D eigenvalue weighted by Gasteiger charge is 2.27. The maximum atomic E-state index is 11.4. The Morgan fingerprint density at radius 1 is 1.45 bits per heavy atom. The molecule has 1 aliphatic heterocycles. The number of imidazole rings is 1. The zero-order valence-corrected chi connectivity index (χ0v) is 12.4. The van der Waals surface area contributed by atoms with Crippen molar-refractivity contribution in [3.8, 4) is 0 Å². The smallest absolute Gasteiger partial charge is 0.150 e. The van der Waals surface area contributed by atoms with Crippen molar-refractivity contribution in [1.82, 2.24) is 14.7 Å². The van der Waals surface area contributed by atoms with E-state index in [1.165, 1.54) is 0 Å². The van der Waals surface area contributed by atoms with Gasteiger partial charge in [0.15, 0.2) is 9.84 Å². The summed E-state index contributed by atoms with van der Waals surface area (Å²) in [5.41, 5.74) is 3.11. The minimum atomic E-state index is -2.78. The fourth-order valence-corrected chi connectivity index (χ4v) is 4.67. The Kier molecular flexibility index (Phi) is 3.52. The molecule has 0 aliphatic carbocycles. The van der Waals surface area contributed by atoms with Gasteiger partial charge in [-0.2, -0.15) is 0 Å². The molecule has 1 saturated heterocycles. The van der Waals surface area contributed by atoms with Crippen molar-refractivity contribution in [3.05, 3.63) is 35.8 Å². The third-order valence-electron chi connectivity index (χ3n) is 3.88. The molecule has 3 rings (SSSR count). The van der Waals surface area contributed by atoms with E-state index in [0.717, 1.165) is 30.0 Å². The Morgan fingerprint density at radius 3 is 3.05 bits per heavy atom. The van der Waals surface area contributed by atoms with Gasteiger partial charge in [0.05, 0.1) is 22.9 Å². The highest BCUT2D eigenvalue weighted by atomic mass is 32.2. The fourth-order valence-electron chi connectivity index (χ4n) is 2.80. The number of nitrogens with zero attached hydrogens (tertiary/aromatic N) is 2. The minimum Gasteiger partial charge on any atom is -0.311 e. The lowest BCUT2D eigenvalue weighted by molar-refractivity contribution is 0.516. The van der Waals surface area contributed by atoms with Crippen LogP contribution in [0.4, 0.5) is 0 Å². The molecule has 108 valence electrons. The van der Waals surface area contributed by atoms with E-state index in [1.54, 1.807) is 0 Å². The molecule has 5 nitrogen and oxygen atoms in total. The Balaban J connectivity index is 1.64. The summed E-state index contributed by atoms with van der Waals surface area (Å²) < 4.78 is 24.9. The molecule has 1 atom stereocenters. The van der Waals surface area contributed by atoms with Crippen LogP contribution in [-0.4, -0.2) is 35.9 Å². The molecule has 0 bridgehead atoms. The number of rotatable bonds is 4. The molecule has 1 N–H and O–H groups in total. The molecule has 20 heavy (non-hydrogen) atoms. The normalized spacial score (nSPS) is 21.6. The molecule has 1 unspecified atom stereocenters. The van der Waals surface area contributed by atoms with Gasteiger partial charge in [0.1, 0.15) is 5.65 Å². The first-order chi connectivity index (χ1) is 9.55. The van der Waals surface area contributed by atoms with Crippen LogP contribution in [0, 0.1) is 12.8 Å². The second kappa shape index (κ2) is 5.18. The highest BCUT2D eigenvalue weighted by molar-refractivity contribution is 7.91. The van der Waals surface area contributed by atoms with Gasteiger partial charge in [-0.3, -0.25) is 0 Å². The Bertz CT molecular complexity index is 721. The largest absolute Gasteiger partial charge is 0.311 e. The second-order valence-electron chi connectivity index (χ2n) is 5.47. The number of pyridine rings is 1. The molecular weight excluding hydrogens is 274 g/mol. The van der Waals surface area contributed by atoms with Gasteiger partial charge in [0, 0.05) is 12.7 Å². The number of aromatic nitrogens is 2. The third kappa shape index (κ3) is 2.71. The van der Waals surface area contributed by atoms with Crippen molar-refractivity contribution in [2.24, 2.45) is 5.92 Å². The standard InChI is InChI=1S/C14H19N3O2S/c1-11-13(17-6-3-2-4-14(17)16-11)9-15-8-12-5-7-20(18,19)10-12/h2-4,6,12,15H,5,7-10H2,1H3. The molecule has 0 saturated carbocycles. The van der Waals surface area contributed by atoms with E-state index in [-0.39, 0.29) is 5.92 Å². The molecule has 0 aromatic carbocycles. The van der Waals surface area contributed by atoms with E-state index < -0.39 is 9.84 Å². The first-order valence-corrected chi connectivity index (χ1v) is 8.71. The van der Waals surface area contributed by atoms with Gasteiger partial charge >= 0.3 is 0 Å². The van der Waals surface area contributed by atoms with Gasteiger partial charge in [-0.25, -0.2) is 13.4 Å². The summed E-state index contributed by atoms with van der Waals surface area (Å²) in [6, 6.07) is 5.95. The lowest BCUT2D eigenvalue weighted by atomic mass is 10.1. The van der Waals surface area contributed by atoms with E-state index >= 15 is 0 Å². The van der Waals surface area contributed by atoms with E-state index in [2.05, 4.69) is 14.7 Å². The molecule has 0 amide bonds. The van der Waals surface area contributed by atoms with Gasteiger partial charge in [-0.1, -0.05) is 6.07 Å². The van der Waals surface area contributed by atoms with Gasteiger partial charge in [0.25, 0.3) is 0 Å². The lowest BCUT2D eigenvalue weighted by Gasteiger charge is -2.10. The summed E-state index contributed by atoms with van der Waals surface area (Å²) in [6.45, 7) is 3.47. The van der Waals surface area contributed by atoms with Crippen LogP contribution in [0.25, 0.3) is 5.65 Å². The van der Waals surface area contributed by atoms with E-state index in [0.29, 0.717) is 18.1 Å². The molecule has 1 fully saturated rings. The van der Waals surface area contributed by atoms with Crippen LogP contribution < -0.4 is 5.32 Å². The maximum absolute atomic E-state index is 11.4. The minimum absolute atomic E-state index is 0.250. The quantitative estimate of drug-likeness (QED) is 0.919. The van der Waals surface area contributed by atoms with Crippen molar-refractivity contribution in [2.75, 3.05) is 18.1 Å². The van der Waals surface area contributed by atoms with Crippen molar-refractivity contribution in [1.29, 1.82) is 0 Å². The summed E-state index contributed by atoms with van der Waals surface area (Å²) in [6.07, 6.45) is 2.79. The van der Waals surface area contributed by atoms with Crippen LogP contribution >= 0.6 is 0 Å². The predicted octanol–water partition coefficient (Wildman–Crippen LogP) is 1.17. The molecule has 3 heterocycles. The van der Waals surface area contributed by atoms with Crippen molar-refractivity contribution in [3.63, 3.8) is 0 Å². The average Bonchev–Trinajstić information content (AvgIpc) is 2.90. The summed E-state index contributed by atoms with van der Waals surface area (Å²) in [4.78, 5) is 4.51. The van der Waals surface area contributed by atoms with Crippen molar-refractivity contribution in [2.45, 2.75) is 19.9 Å². The Morgan fingerprint density at radius 2 is 2.30 bits per heavy atom. The SMILES string of the molecule is Cc1nc2ccccn2c1CNCC1CCS(=O)(=O)C1. The van der Waals surface area contributed by atoms with E-state index in [4.69, 9.17) is 0 Å². The molecular formula is C14H19N3O2S. The molecule has 0 spiro atoms. The number of sulfone groups is 1. The molecule has 0 radical (unpaired) electrons. The zero-order valence-electron chi connectivity index (χ0n) is 11.5. The van der Waals surface area contributed by atoms with Crippen LogP contribution in [0.5, 0.6) is 0 Å².